The van der Waals surface area contributed by atoms with E-state index in [9.17, 15) is 9.59 Å². The Labute approximate surface area is 127 Å². The molecule has 1 heterocycles. The molecule has 0 radical (unpaired) electrons. The van der Waals surface area contributed by atoms with Crippen molar-refractivity contribution in [1.29, 1.82) is 0 Å². The highest BCUT2D eigenvalue weighted by atomic mass is 32.1. The summed E-state index contributed by atoms with van der Waals surface area (Å²) in [5.41, 5.74) is 2.60. The maximum atomic E-state index is 12.2. The predicted octanol–water partition coefficient (Wildman–Crippen LogP) is 3.88. The number of hydrogen-bond donors (Lipinski definition) is 2. The summed E-state index contributed by atoms with van der Waals surface area (Å²) in [6.45, 7) is 5.77. The Bertz CT molecular complexity index is 704. The van der Waals surface area contributed by atoms with Crippen LogP contribution in [-0.4, -0.2) is 17.0 Å². The van der Waals surface area contributed by atoms with Crippen LogP contribution in [0.3, 0.4) is 0 Å². The van der Waals surface area contributed by atoms with Gasteiger partial charge in [0.25, 0.3) is 5.91 Å². The molecule has 0 bridgehead atoms. The minimum atomic E-state index is -0.966. The third kappa shape index (κ3) is 3.31. The summed E-state index contributed by atoms with van der Waals surface area (Å²) in [6.07, 6.45) is 0.913. The summed E-state index contributed by atoms with van der Waals surface area (Å²) in [5, 5.41) is 11.8. The number of aromatic carboxylic acids is 1. The van der Waals surface area contributed by atoms with E-state index in [0.29, 0.717) is 16.1 Å². The largest absolute Gasteiger partial charge is 0.478 e. The Hall–Kier alpha value is -2.14. The fraction of sp³-hybridized carbons (Fsp3) is 0.250. The van der Waals surface area contributed by atoms with Gasteiger partial charge in [0.15, 0.2) is 0 Å². The van der Waals surface area contributed by atoms with E-state index in [0.717, 1.165) is 12.0 Å². The van der Waals surface area contributed by atoms with Gasteiger partial charge in [-0.15, -0.1) is 11.3 Å². The number of carbonyl (C=O) groups is 2. The molecule has 0 aliphatic rings. The highest BCUT2D eigenvalue weighted by Gasteiger charge is 2.13. The molecule has 1 aromatic heterocycles. The number of thiophene rings is 1. The van der Waals surface area contributed by atoms with Gasteiger partial charge in [-0.2, -0.15) is 0 Å². The summed E-state index contributed by atoms with van der Waals surface area (Å²) < 4.78 is 0. The minimum Gasteiger partial charge on any atom is -0.478 e. The number of carboxylic acids is 1. The van der Waals surface area contributed by atoms with Gasteiger partial charge < -0.3 is 10.4 Å². The van der Waals surface area contributed by atoms with Crippen LogP contribution in [0.15, 0.2) is 24.3 Å². The Kier molecular flexibility index (Phi) is 4.43. The van der Waals surface area contributed by atoms with Crippen molar-refractivity contribution in [3.63, 3.8) is 0 Å². The molecule has 0 atom stereocenters. The van der Waals surface area contributed by atoms with E-state index >= 15 is 0 Å². The summed E-state index contributed by atoms with van der Waals surface area (Å²) >= 11 is 1.49. The maximum absolute atomic E-state index is 12.2. The van der Waals surface area contributed by atoms with Gasteiger partial charge in [-0.25, -0.2) is 4.79 Å². The van der Waals surface area contributed by atoms with Crippen LogP contribution in [0.25, 0.3) is 0 Å². The molecule has 5 heteroatoms. The number of carbonyl (C=O) groups excluding carboxylic acids is 1. The molecule has 0 spiro atoms. The van der Waals surface area contributed by atoms with Crippen LogP contribution in [0.2, 0.25) is 0 Å². The molecule has 110 valence electrons. The lowest BCUT2D eigenvalue weighted by Gasteiger charge is -2.06. The van der Waals surface area contributed by atoms with Crippen molar-refractivity contribution in [2.75, 3.05) is 5.32 Å². The minimum absolute atomic E-state index is 0.162. The summed E-state index contributed by atoms with van der Waals surface area (Å²) in [6, 6.07) is 6.67. The van der Waals surface area contributed by atoms with E-state index in [1.165, 1.54) is 22.3 Å². The van der Waals surface area contributed by atoms with Gasteiger partial charge in [0, 0.05) is 10.6 Å². The standard InChI is InChI=1S/C16H17NO3S/c1-4-13-10(3)8-14(21-13)15(18)17-11-5-6-12(16(19)20)9(2)7-11/h5-8H,4H2,1-3H3,(H,17,18)(H,19,20). The number of nitrogens with one attached hydrogen (secondary N) is 1. The molecule has 2 aromatic rings. The van der Waals surface area contributed by atoms with Crippen LogP contribution in [0.1, 0.15) is 43.0 Å². The number of amides is 1. The molecule has 21 heavy (non-hydrogen) atoms. The summed E-state index contributed by atoms with van der Waals surface area (Å²) in [5.74, 6) is -1.13. The molecular weight excluding hydrogens is 286 g/mol. The first kappa shape index (κ1) is 15.3. The fourth-order valence-electron chi connectivity index (χ4n) is 2.16. The number of benzene rings is 1. The SMILES string of the molecule is CCc1sc(C(=O)Nc2ccc(C(=O)O)c(C)c2)cc1C. The van der Waals surface area contributed by atoms with E-state index in [-0.39, 0.29) is 11.5 Å². The number of anilines is 1. The monoisotopic (exact) mass is 303 g/mol. The van der Waals surface area contributed by atoms with Crippen LogP contribution in [0, 0.1) is 13.8 Å². The van der Waals surface area contributed by atoms with Crippen LogP contribution in [0.4, 0.5) is 5.69 Å². The Morgan fingerprint density at radius 3 is 2.43 bits per heavy atom. The van der Waals surface area contributed by atoms with E-state index in [2.05, 4.69) is 12.2 Å². The van der Waals surface area contributed by atoms with E-state index in [1.807, 2.05) is 13.0 Å². The lowest BCUT2D eigenvalue weighted by atomic mass is 10.1. The smallest absolute Gasteiger partial charge is 0.335 e. The van der Waals surface area contributed by atoms with Crippen molar-refractivity contribution < 1.29 is 14.7 Å². The van der Waals surface area contributed by atoms with Crippen molar-refractivity contribution >= 4 is 28.9 Å². The van der Waals surface area contributed by atoms with Crippen molar-refractivity contribution in [3.05, 3.63) is 50.7 Å². The molecule has 2 rings (SSSR count). The third-order valence-electron chi connectivity index (χ3n) is 3.28. The Balaban J connectivity index is 2.19. The van der Waals surface area contributed by atoms with Gasteiger partial charge in [0.2, 0.25) is 0 Å². The second-order valence-electron chi connectivity index (χ2n) is 4.86. The molecule has 0 fully saturated rings. The number of carboxylic acid groups (broad SMARTS) is 1. The number of hydrogen-bond acceptors (Lipinski definition) is 3. The average molecular weight is 303 g/mol. The molecule has 0 unspecified atom stereocenters. The molecule has 0 saturated heterocycles. The van der Waals surface area contributed by atoms with Crippen molar-refractivity contribution in [1.82, 2.24) is 0 Å². The zero-order valence-corrected chi connectivity index (χ0v) is 13.0. The van der Waals surface area contributed by atoms with Gasteiger partial charge in [-0.05, 0) is 55.7 Å². The highest BCUT2D eigenvalue weighted by molar-refractivity contribution is 7.14. The van der Waals surface area contributed by atoms with Crippen LogP contribution >= 0.6 is 11.3 Å². The van der Waals surface area contributed by atoms with Crippen molar-refractivity contribution in [2.45, 2.75) is 27.2 Å². The predicted molar refractivity (Wildman–Crippen MR) is 84.5 cm³/mol. The summed E-state index contributed by atoms with van der Waals surface area (Å²) in [7, 11) is 0. The average Bonchev–Trinajstić information content (AvgIpc) is 2.79. The molecular formula is C16H17NO3S. The van der Waals surface area contributed by atoms with Gasteiger partial charge in [0.05, 0.1) is 10.4 Å². The lowest BCUT2D eigenvalue weighted by molar-refractivity contribution is 0.0696. The quantitative estimate of drug-likeness (QED) is 0.900. The zero-order chi connectivity index (χ0) is 15.6. The maximum Gasteiger partial charge on any atom is 0.335 e. The second kappa shape index (κ2) is 6.10. The lowest BCUT2D eigenvalue weighted by Crippen LogP contribution is -2.11. The molecule has 4 nitrogen and oxygen atoms in total. The van der Waals surface area contributed by atoms with Gasteiger partial charge in [-0.3, -0.25) is 4.79 Å². The Morgan fingerprint density at radius 1 is 1.19 bits per heavy atom. The first-order valence-electron chi connectivity index (χ1n) is 6.67. The normalized spacial score (nSPS) is 10.4. The van der Waals surface area contributed by atoms with Crippen LogP contribution in [-0.2, 0) is 6.42 Å². The molecule has 1 amide bonds. The first-order chi connectivity index (χ1) is 9.92. The zero-order valence-electron chi connectivity index (χ0n) is 12.2. The van der Waals surface area contributed by atoms with E-state index in [4.69, 9.17) is 5.11 Å². The molecule has 0 aliphatic heterocycles. The van der Waals surface area contributed by atoms with Crippen LogP contribution < -0.4 is 5.32 Å². The number of rotatable bonds is 4. The van der Waals surface area contributed by atoms with Crippen LogP contribution in [0.5, 0.6) is 0 Å². The second-order valence-corrected chi connectivity index (χ2v) is 6.00. The Morgan fingerprint density at radius 2 is 1.90 bits per heavy atom. The van der Waals surface area contributed by atoms with Gasteiger partial charge >= 0.3 is 5.97 Å². The molecule has 2 N–H and O–H groups in total. The van der Waals surface area contributed by atoms with Gasteiger partial charge in [-0.1, -0.05) is 6.92 Å². The molecule has 0 aliphatic carbocycles. The van der Waals surface area contributed by atoms with E-state index in [1.54, 1.807) is 19.1 Å². The number of aryl methyl sites for hydroxylation is 3. The van der Waals surface area contributed by atoms with Gasteiger partial charge in [0.1, 0.15) is 0 Å². The van der Waals surface area contributed by atoms with E-state index < -0.39 is 5.97 Å². The molecule has 1 aromatic carbocycles. The molecule has 0 saturated carbocycles. The first-order valence-corrected chi connectivity index (χ1v) is 7.48. The third-order valence-corrected chi connectivity index (χ3v) is 4.66. The topological polar surface area (TPSA) is 66.4 Å². The van der Waals surface area contributed by atoms with Crippen molar-refractivity contribution in [3.8, 4) is 0 Å². The fourth-order valence-corrected chi connectivity index (χ4v) is 3.17. The summed E-state index contributed by atoms with van der Waals surface area (Å²) in [4.78, 5) is 25.0. The highest BCUT2D eigenvalue weighted by Crippen LogP contribution is 2.24. The van der Waals surface area contributed by atoms with Crippen molar-refractivity contribution in [2.24, 2.45) is 0 Å².